The molecule has 2 aliphatic rings. The molecule has 2 aliphatic heterocycles. The molecule has 2 N–H and O–H groups in total. The highest BCUT2D eigenvalue weighted by Gasteiger charge is 2.40. The Labute approximate surface area is 135 Å². The zero-order valence-corrected chi connectivity index (χ0v) is 14.8. The lowest BCUT2D eigenvalue weighted by molar-refractivity contribution is -0.146. The molecule has 5 atom stereocenters. The first-order chi connectivity index (χ1) is 10.3. The van der Waals surface area contributed by atoms with Crippen LogP contribution >= 0.6 is 0 Å². The summed E-state index contributed by atoms with van der Waals surface area (Å²) in [6.07, 6.45) is 1.40. The van der Waals surface area contributed by atoms with Gasteiger partial charge in [0.2, 0.25) is 5.91 Å². The second-order valence-electron chi connectivity index (χ2n) is 7.58. The van der Waals surface area contributed by atoms with E-state index in [1.54, 1.807) is 0 Å². The fraction of sp³-hybridized carbons (Fsp3) is 0.941. The summed E-state index contributed by atoms with van der Waals surface area (Å²) in [7, 11) is 0. The van der Waals surface area contributed by atoms with Crippen LogP contribution < -0.4 is 5.73 Å². The maximum Gasteiger partial charge on any atom is 0.240 e. The van der Waals surface area contributed by atoms with Crippen molar-refractivity contribution in [1.29, 1.82) is 0 Å². The van der Waals surface area contributed by atoms with Gasteiger partial charge in [0, 0.05) is 25.7 Å². The van der Waals surface area contributed by atoms with E-state index in [4.69, 9.17) is 10.5 Å². The monoisotopic (exact) mass is 311 g/mol. The van der Waals surface area contributed by atoms with E-state index < -0.39 is 0 Å². The van der Waals surface area contributed by atoms with Crippen LogP contribution in [0.5, 0.6) is 0 Å². The van der Waals surface area contributed by atoms with E-state index in [1.165, 1.54) is 0 Å². The summed E-state index contributed by atoms with van der Waals surface area (Å²) in [5.74, 6) is 1.03. The van der Waals surface area contributed by atoms with Gasteiger partial charge in [0.05, 0.1) is 18.2 Å². The molecule has 22 heavy (non-hydrogen) atoms. The van der Waals surface area contributed by atoms with E-state index in [2.05, 4.69) is 44.4 Å². The number of morpholine rings is 1. The fourth-order valence-electron chi connectivity index (χ4n) is 4.10. The van der Waals surface area contributed by atoms with E-state index in [-0.39, 0.29) is 24.2 Å². The number of carbonyl (C=O) groups excluding carboxylic acids is 1. The highest BCUT2D eigenvalue weighted by molar-refractivity contribution is 5.82. The summed E-state index contributed by atoms with van der Waals surface area (Å²) >= 11 is 0. The molecule has 2 fully saturated rings. The van der Waals surface area contributed by atoms with Crippen molar-refractivity contribution in [2.75, 3.05) is 26.2 Å². The lowest BCUT2D eigenvalue weighted by Gasteiger charge is -2.42. The quantitative estimate of drug-likeness (QED) is 0.850. The first-order valence-corrected chi connectivity index (χ1v) is 8.73. The number of likely N-dealkylation sites (tertiary alicyclic amines) is 1. The van der Waals surface area contributed by atoms with Gasteiger partial charge in [-0.15, -0.1) is 0 Å². The highest BCUT2D eigenvalue weighted by Crippen LogP contribution is 2.27. The van der Waals surface area contributed by atoms with Crippen molar-refractivity contribution in [2.24, 2.45) is 17.6 Å². The Morgan fingerprint density at radius 2 is 1.77 bits per heavy atom. The number of ether oxygens (including phenoxy) is 1. The molecule has 0 saturated carbocycles. The third-order valence-electron chi connectivity index (χ3n) is 5.00. The number of carbonyl (C=O) groups is 1. The van der Waals surface area contributed by atoms with Crippen LogP contribution in [0.25, 0.3) is 0 Å². The van der Waals surface area contributed by atoms with Crippen LogP contribution in [-0.2, 0) is 9.53 Å². The summed E-state index contributed by atoms with van der Waals surface area (Å²) < 4.78 is 5.82. The molecule has 0 aromatic carbocycles. The number of hydrogen-bond donors (Lipinski definition) is 1. The van der Waals surface area contributed by atoms with E-state index in [0.717, 1.165) is 26.1 Å². The maximum absolute atomic E-state index is 13.2. The smallest absolute Gasteiger partial charge is 0.240 e. The Hall–Kier alpha value is -0.650. The third kappa shape index (κ3) is 3.81. The standard InChI is InChI=1S/C17H33N3O2/c1-11(2)16(19-8-13(4)22-14(5)9-19)17(21)20-10-15(7-18)6-12(20)3/h11-16H,6-10,18H2,1-5H3. The number of nitrogens with zero attached hydrogens (tertiary/aromatic N) is 2. The summed E-state index contributed by atoms with van der Waals surface area (Å²) in [4.78, 5) is 17.6. The Morgan fingerprint density at radius 1 is 1.18 bits per heavy atom. The lowest BCUT2D eigenvalue weighted by atomic mass is 9.98. The topological polar surface area (TPSA) is 58.8 Å². The Balaban J connectivity index is 2.12. The lowest BCUT2D eigenvalue weighted by Crippen LogP contribution is -2.58. The Kier molecular flexibility index (Phi) is 5.86. The molecular weight excluding hydrogens is 278 g/mol. The minimum absolute atomic E-state index is 0.0484. The van der Waals surface area contributed by atoms with Crippen LogP contribution in [0.1, 0.15) is 41.0 Å². The molecule has 0 bridgehead atoms. The molecule has 0 aromatic heterocycles. The third-order valence-corrected chi connectivity index (χ3v) is 5.00. The molecule has 0 aliphatic carbocycles. The molecular formula is C17H33N3O2. The van der Waals surface area contributed by atoms with Gasteiger partial charge in [-0.05, 0) is 45.6 Å². The molecule has 0 spiro atoms. The van der Waals surface area contributed by atoms with Gasteiger partial charge in [0.15, 0.2) is 0 Å². The average Bonchev–Trinajstić information content (AvgIpc) is 2.78. The van der Waals surface area contributed by atoms with Gasteiger partial charge < -0.3 is 15.4 Å². The van der Waals surface area contributed by atoms with Crippen LogP contribution in [0, 0.1) is 11.8 Å². The van der Waals surface area contributed by atoms with Crippen LogP contribution in [-0.4, -0.2) is 66.2 Å². The van der Waals surface area contributed by atoms with Crippen LogP contribution in [0.15, 0.2) is 0 Å². The SMILES string of the molecule is CC1CN(C(C(=O)N2CC(CN)CC2C)C(C)C)CC(C)O1. The summed E-state index contributed by atoms with van der Waals surface area (Å²) in [5.41, 5.74) is 5.81. The second-order valence-corrected chi connectivity index (χ2v) is 7.58. The van der Waals surface area contributed by atoms with E-state index in [9.17, 15) is 4.79 Å². The summed E-state index contributed by atoms with van der Waals surface area (Å²) in [6, 6.07) is 0.256. The number of rotatable bonds is 4. The molecule has 0 aromatic rings. The van der Waals surface area contributed by atoms with Crippen LogP contribution in [0.4, 0.5) is 0 Å². The van der Waals surface area contributed by atoms with Gasteiger partial charge >= 0.3 is 0 Å². The first kappa shape index (κ1) is 17.7. The normalized spacial score (nSPS) is 35.1. The Morgan fingerprint density at radius 3 is 2.23 bits per heavy atom. The van der Waals surface area contributed by atoms with Crippen molar-refractivity contribution < 1.29 is 9.53 Å². The highest BCUT2D eigenvalue weighted by atomic mass is 16.5. The molecule has 0 radical (unpaired) electrons. The fourth-order valence-corrected chi connectivity index (χ4v) is 4.10. The Bertz CT molecular complexity index is 378. The first-order valence-electron chi connectivity index (χ1n) is 8.73. The molecule has 2 heterocycles. The van der Waals surface area contributed by atoms with Gasteiger partial charge in [-0.3, -0.25) is 9.69 Å². The maximum atomic E-state index is 13.2. The van der Waals surface area contributed by atoms with Gasteiger partial charge in [-0.1, -0.05) is 13.8 Å². The van der Waals surface area contributed by atoms with Crippen molar-refractivity contribution in [3.05, 3.63) is 0 Å². The van der Waals surface area contributed by atoms with Gasteiger partial charge in [-0.25, -0.2) is 0 Å². The van der Waals surface area contributed by atoms with E-state index >= 15 is 0 Å². The molecule has 5 unspecified atom stereocenters. The number of nitrogens with two attached hydrogens (primary N) is 1. The van der Waals surface area contributed by atoms with Crippen molar-refractivity contribution >= 4 is 5.91 Å². The largest absolute Gasteiger partial charge is 0.373 e. The van der Waals surface area contributed by atoms with E-state index in [1.807, 2.05) is 0 Å². The molecule has 128 valence electrons. The number of hydrogen-bond acceptors (Lipinski definition) is 4. The van der Waals surface area contributed by atoms with E-state index in [0.29, 0.717) is 24.4 Å². The van der Waals surface area contributed by atoms with Crippen LogP contribution in [0.3, 0.4) is 0 Å². The molecule has 2 saturated heterocycles. The van der Waals surface area contributed by atoms with Crippen LogP contribution in [0.2, 0.25) is 0 Å². The molecule has 5 nitrogen and oxygen atoms in total. The minimum atomic E-state index is -0.0484. The molecule has 1 amide bonds. The average molecular weight is 311 g/mol. The van der Waals surface area contributed by atoms with Crippen molar-refractivity contribution in [3.63, 3.8) is 0 Å². The zero-order chi connectivity index (χ0) is 16.4. The van der Waals surface area contributed by atoms with Crippen molar-refractivity contribution in [1.82, 2.24) is 9.80 Å². The van der Waals surface area contributed by atoms with Crippen molar-refractivity contribution in [2.45, 2.75) is 65.3 Å². The zero-order valence-electron chi connectivity index (χ0n) is 14.8. The van der Waals surface area contributed by atoms with Gasteiger partial charge in [-0.2, -0.15) is 0 Å². The minimum Gasteiger partial charge on any atom is -0.373 e. The summed E-state index contributed by atoms with van der Waals surface area (Å²) in [5, 5.41) is 0. The van der Waals surface area contributed by atoms with Gasteiger partial charge in [0.25, 0.3) is 0 Å². The molecule has 2 rings (SSSR count). The summed E-state index contributed by atoms with van der Waals surface area (Å²) in [6.45, 7) is 13.8. The predicted molar refractivity (Wildman–Crippen MR) is 88.5 cm³/mol. The number of amides is 1. The second kappa shape index (κ2) is 7.28. The molecule has 5 heteroatoms. The predicted octanol–water partition coefficient (Wildman–Crippen LogP) is 1.32. The van der Waals surface area contributed by atoms with Gasteiger partial charge in [0.1, 0.15) is 0 Å². The van der Waals surface area contributed by atoms with Crippen molar-refractivity contribution in [3.8, 4) is 0 Å².